The number of aryl methyl sites for hydroxylation is 1. The maximum atomic E-state index is 12.9. The van der Waals surface area contributed by atoms with Crippen LogP contribution < -0.4 is 0 Å². The van der Waals surface area contributed by atoms with E-state index in [9.17, 15) is 4.39 Å². The van der Waals surface area contributed by atoms with Gasteiger partial charge in [-0.3, -0.25) is 4.98 Å². The molecule has 4 heteroatoms. The molecular formula is C12H8Cl2FN. The second-order valence-corrected chi connectivity index (χ2v) is 4.29. The van der Waals surface area contributed by atoms with E-state index in [2.05, 4.69) is 4.98 Å². The average molecular weight is 256 g/mol. The summed E-state index contributed by atoms with van der Waals surface area (Å²) in [5, 5.41) is 1.07. The van der Waals surface area contributed by atoms with Gasteiger partial charge in [-0.05, 0) is 36.8 Å². The van der Waals surface area contributed by atoms with Crippen molar-refractivity contribution < 1.29 is 4.39 Å². The van der Waals surface area contributed by atoms with E-state index in [1.165, 1.54) is 12.3 Å². The lowest BCUT2D eigenvalue weighted by Gasteiger charge is -2.07. The van der Waals surface area contributed by atoms with Gasteiger partial charge in [0.05, 0.1) is 16.9 Å². The predicted molar refractivity (Wildman–Crippen MR) is 64.4 cm³/mol. The van der Waals surface area contributed by atoms with Gasteiger partial charge in [-0.1, -0.05) is 23.2 Å². The zero-order valence-corrected chi connectivity index (χ0v) is 9.98. The molecule has 0 atom stereocenters. The summed E-state index contributed by atoms with van der Waals surface area (Å²) in [6.07, 6.45) is 1.17. The molecule has 82 valence electrons. The lowest BCUT2D eigenvalue weighted by molar-refractivity contribution is 0.620. The molecular weight excluding hydrogens is 248 g/mol. The number of halogens is 3. The number of aromatic nitrogens is 1. The van der Waals surface area contributed by atoms with Crippen LogP contribution in [0.15, 0.2) is 30.5 Å². The Morgan fingerprint density at radius 3 is 2.56 bits per heavy atom. The van der Waals surface area contributed by atoms with E-state index in [1.54, 1.807) is 25.1 Å². The molecule has 16 heavy (non-hydrogen) atoms. The van der Waals surface area contributed by atoms with Crippen LogP contribution in [0.1, 0.15) is 5.56 Å². The molecule has 1 nitrogen and oxygen atoms in total. The third-order valence-electron chi connectivity index (χ3n) is 2.23. The van der Waals surface area contributed by atoms with E-state index in [0.29, 0.717) is 15.7 Å². The van der Waals surface area contributed by atoms with E-state index >= 15 is 0 Å². The Labute approximate surface area is 103 Å². The van der Waals surface area contributed by atoms with Crippen molar-refractivity contribution in [3.05, 3.63) is 51.9 Å². The topological polar surface area (TPSA) is 12.9 Å². The Morgan fingerprint density at radius 1 is 1.19 bits per heavy atom. The first-order chi connectivity index (χ1) is 7.58. The highest BCUT2D eigenvalue weighted by Gasteiger charge is 2.09. The fraction of sp³-hybridized carbons (Fsp3) is 0.0833. The lowest BCUT2D eigenvalue weighted by Crippen LogP contribution is -1.90. The van der Waals surface area contributed by atoms with Gasteiger partial charge in [0.15, 0.2) is 0 Å². The van der Waals surface area contributed by atoms with Crippen molar-refractivity contribution in [2.75, 3.05) is 0 Å². The first kappa shape index (κ1) is 11.4. The minimum atomic E-state index is -0.355. The van der Waals surface area contributed by atoms with Gasteiger partial charge in [-0.25, -0.2) is 4.39 Å². The van der Waals surface area contributed by atoms with Gasteiger partial charge in [-0.15, -0.1) is 0 Å². The highest BCUT2D eigenvalue weighted by atomic mass is 35.5. The van der Waals surface area contributed by atoms with Crippen LogP contribution in [0.25, 0.3) is 11.3 Å². The third-order valence-corrected chi connectivity index (χ3v) is 2.78. The summed E-state index contributed by atoms with van der Waals surface area (Å²) in [5.41, 5.74) is 2.16. The highest BCUT2D eigenvalue weighted by molar-refractivity contribution is 6.36. The second kappa shape index (κ2) is 4.40. The molecule has 0 N–H and O–H groups in total. The van der Waals surface area contributed by atoms with Crippen molar-refractivity contribution >= 4 is 23.2 Å². The molecule has 0 saturated heterocycles. The molecule has 0 aliphatic rings. The number of benzene rings is 1. The maximum Gasteiger partial charge on any atom is 0.141 e. The second-order valence-electron chi connectivity index (χ2n) is 3.44. The maximum absolute atomic E-state index is 12.9. The van der Waals surface area contributed by atoms with Gasteiger partial charge >= 0.3 is 0 Å². The minimum Gasteiger partial charge on any atom is -0.253 e. The summed E-state index contributed by atoms with van der Waals surface area (Å²) < 4.78 is 12.9. The molecule has 0 radical (unpaired) electrons. The molecule has 0 saturated carbocycles. The first-order valence-corrected chi connectivity index (χ1v) is 5.41. The number of nitrogens with zero attached hydrogens (tertiary/aromatic N) is 1. The number of hydrogen-bond donors (Lipinski definition) is 0. The Morgan fingerprint density at radius 2 is 1.94 bits per heavy atom. The van der Waals surface area contributed by atoms with Crippen LogP contribution in [0.3, 0.4) is 0 Å². The molecule has 0 unspecified atom stereocenters. The Bertz CT molecular complexity index is 491. The van der Waals surface area contributed by atoms with Crippen molar-refractivity contribution in [3.63, 3.8) is 0 Å². The molecule has 0 amide bonds. The van der Waals surface area contributed by atoms with Gasteiger partial charge in [0.25, 0.3) is 0 Å². The van der Waals surface area contributed by atoms with E-state index in [1.807, 2.05) is 0 Å². The standard InChI is InChI=1S/C12H8Cl2FN/c1-7-4-9(15)6-16-12(7)10-3-2-8(13)5-11(10)14/h2-6H,1H3. The van der Waals surface area contributed by atoms with Crippen LogP contribution in [0.2, 0.25) is 10.0 Å². The largest absolute Gasteiger partial charge is 0.253 e. The molecule has 2 rings (SSSR count). The summed E-state index contributed by atoms with van der Waals surface area (Å²) in [6.45, 7) is 1.79. The van der Waals surface area contributed by atoms with Crippen LogP contribution in [-0.4, -0.2) is 4.98 Å². The molecule has 1 aromatic carbocycles. The van der Waals surface area contributed by atoms with Crippen LogP contribution >= 0.6 is 23.2 Å². The Hall–Kier alpha value is -1.12. The molecule has 1 aromatic heterocycles. The molecule has 0 aliphatic carbocycles. The van der Waals surface area contributed by atoms with Crippen LogP contribution in [-0.2, 0) is 0 Å². The van der Waals surface area contributed by atoms with E-state index in [4.69, 9.17) is 23.2 Å². The molecule has 2 aromatic rings. The van der Waals surface area contributed by atoms with Gasteiger partial charge in [0.2, 0.25) is 0 Å². The van der Waals surface area contributed by atoms with E-state index in [-0.39, 0.29) is 5.82 Å². The monoisotopic (exact) mass is 255 g/mol. The lowest BCUT2D eigenvalue weighted by atomic mass is 10.1. The summed E-state index contributed by atoms with van der Waals surface area (Å²) in [4.78, 5) is 4.04. The smallest absolute Gasteiger partial charge is 0.141 e. The zero-order valence-electron chi connectivity index (χ0n) is 8.47. The Kier molecular flexibility index (Phi) is 3.13. The highest BCUT2D eigenvalue weighted by Crippen LogP contribution is 2.30. The summed E-state index contributed by atoms with van der Waals surface area (Å²) >= 11 is 11.9. The van der Waals surface area contributed by atoms with E-state index < -0.39 is 0 Å². The normalized spacial score (nSPS) is 10.5. The minimum absolute atomic E-state index is 0.355. The fourth-order valence-electron chi connectivity index (χ4n) is 1.50. The molecule has 0 bridgehead atoms. The molecule has 1 heterocycles. The molecule has 0 aliphatic heterocycles. The summed E-state index contributed by atoms with van der Waals surface area (Å²) in [5.74, 6) is -0.355. The fourth-order valence-corrected chi connectivity index (χ4v) is 2.00. The van der Waals surface area contributed by atoms with Gasteiger partial charge < -0.3 is 0 Å². The van der Waals surface area contributed by atoms with Gasteiger partial charge in [0, 0.05) is 10.6 Å². The Balaban J connectivity index is 2.59. The van der Waals surface area contributed by atoms with Crippen molar-refractivity contribution in [2.24, 2.45) is 0 Å². The summed E-state index contributed by atoms with van der Waals surface area (Å²) in [6, 6.07) is 6.57. The predicted octanol–water partition coefficient (Wildman–Crippen LogP) is 4.50. The average Bonchev–Trinajstić information content (AvgIpc) is 2.19. The van der Waals surface area contributed by atoms with Crippen molar-refractivity contribution in [1.82, 2.24) is 4.98 Å². The van der Waals surface area contributed by atoms with Crippen LogP contribution in [0.4, 0.5) is 4.39 Å². The van der Waals surface area contributed by atoms with Crippen LogP contribution in [0, 0.1) is 12.7 Å². The SMILES string of the molecule is Cc1cc(F)cnc1-c1ccc(Cl)cc1Cl. The summed E-state index contributed by atoms with van der Waals surface area (Å²) in [7, 11) is 0. The van der Waals surface area contributed by atoms with Gasteiger partial charge in [0.1, 0.15) is 5.82 Å². The zero-order chi connectivity index (χ0) is 11.7. The quantitative estimate of drug-likeness (QED) is 0.731. The van der Waals surface area contributed by atoms with Gasteiger partial charge in [-0.2, -0.15) is 0 Å². The molecule has 0 fully saturated rings. The van der Waals surface area contributed by atoms with Crippen LogP contribution in [0.5, 0.6) is 0 Å². The van der Waals surface area contributed by atoms with Crippen molar-refractivity contribution in [3.8, 4) is 11.3 Å². The first-order valence-electron chi connectivity index (χ1n) is 4.65. The van der Waals surface area contributed by atoms with Crippen molar-refractivity contribution in [1.29, 1.82) is 0 Å². The van der Waals surface area contributed by atoms with Crippen molar-refractivity contribution in [2.45, 2.75) is 6.92 Å². The number of hydrogen-bond acceptors (Lipinski definition) is 1. The number of rotatable bonds is 1. The van der Waals surface area contributed by atoms with E-state index in [0.717, 1.165) is 11.1 Å². The molecule has 0 spiro atoms. The number of pyridine rings is 1. The third kappa shape index (κ3) is 2.18.